The van der Waals surface area contributed by atoms with Gasteiger partial charge in [0.2, 0.25) is 17.6 Å². The lowest BCUT2D eigenvalue weighted by atomic mass is 9.97. The monoisotopic (exact) mass is 498 g/mol. The highest BCUT2D eigenvalue weighted by atomic mass is 35.5. The fraction of sp³-hybridized carbons (Fsp3) is 0.286. The Hall–Kier alpha value is -1.83. The predicted octanol–water partition coefficient (Wildman–Crippen LogP) is 6.20. The number of hydrogen-bond acceptors (Lipinski definition) is 5. The van der Waals surface area contributed by atoms with E-state index in [0.717, 1.165) is 19.4 Å². The molecule has 2 aromatic carbocycles. The van der Waals surface area contributed by atoms with Crippen molar-refractivity contribution in [2.45, 2.75) is 19.4 Å². The van der Waals surface area contributed by atoms with Crippen LogP contribution in [0.25, 0.3) is 11.4 Å². The van der Waals surface area contributed by atoms with Crippen molar-refractivity contribution in [1.82, 2.24) is 15.0 Å². The minimum absolute atomic E-state index is 0.118. The van der Waals surface area contributed by atoms with Gasteiger partial charge in [0.05, 0.1) is 38.2 Å². The fourth-order valence-electron chi connectivity index (χ4n) is 3.53. The lowest BCUT2D eigenvalue weighted by Gasteiger charge is -2.31. The number of carbonyl (C=O) groups excluding carboxylic acids is 1. The van der Waals surface area contributed by atoms with Gasteiger partial charge in [0.15, 0.2) is 0 Å². The third kappa shape index (κ3) is 5.33. The van der Waals surface area contributed by atoms with Gasteiger partial charge in [-0.3, -0.25) is 9.69 Å². The Bertz CT molecular complexity index is 1100. The van der Waals surface area contributed by atoms with Crippen molar-refractivity contribution in [3.8, 4) is 11.4 Å². The predicted molar refractivity (Wildman–Crippen MR) is 123 cm³/mol. The number of nitrogens with one attached hydrogen (secondary N) is 1. The number of likely N-dealkylation sites (tertiary alicyclic amines) is 1. The van der Waals surface area contributed by atoms with Crippen LogP contribution < -0.4 is 5.32 Å². The summed E-state index contributed by atoms with van der Waals surface area (Å²) in [5, 5.41) is 8.46. The van der Waals surface area contributed by atoms with Crippen LogP contribution in [0.4, 0.5) is 5.69 Å². The summed E-state index contributed by atoms with van der Waals surface area (Å²) in [6, 6.07) is 10.4. The van der Waals surface area contributed by atoms with Crippen LogP contribution in [0.3, 0.4) is 0 Å². The van der Waals surface area contributed by atoms with E-state index < -0.39 is 0 Å². The molecule has 10 heteroatoms. The molecule has 1 saturated heterocycles. The molecule has 1 unspecified atom stereocenters. The molecule has 1 fully saturated rings. The Labute approximate surface area is 199 Å². The summed E-state index contributed by atoms with van der Waals surface area (Å²) in [5.74, 6) is 0.599. The van der Waals surface area contributed by atoms with Crippen molar-refractivity contribution in [2.75, 3.05) is 18.4 Å². The summed E-state index contributed by atoms with van der Waals surface area (Å²) in [4.78, 5) is 19.4. The number of nitrogens with zero attached hydrogens (tertiary/aromatic N) is 3. The molecule has 1 N–H and O–H groups in total. The van der Waals surface area contributed by atoms with Crippen LogP contribution in [-0.2, 0) is 11.3 Å². The van der Waals surface area contributed by atoms with Crippen LogP contribution in [0.1, 0.15) is 18.7 Å². The molecule has 0 saturated carbocycles. The van der Waals surface area contributed by atoms with Gasteiger partial charge in [-0.1, -0.05) is 63.7 Å². The van der Waals surface area contributed by atoms with E-state index in [1.807, 2.05) is 18.2 Å². The maximum atomic E-state index is 12.8. The molecular formula is C21H18Cl4N4O2. The van der Waals surface area contributed by atoms with Gasteiger partial charge >= 0.3 is 0 Å². The number of halogens is 4. The van der Waals surface area contributed by atoms with Crippen molar-refractivity contribution in [1.29, 1.82) is 0 Å². The second-order valence-electron chi connectivity index (χ2n) is 7.30. The van der Waals surface area contributed by atoms with E-state index in [9.17, 15) is 4.79 Å². The second-order valence-corrected chi connectivity index (χ2v) is 8.93. The van der Waals surface area contributed by atoms with Gasteiger partial charge in [-0.25, -0.2) is 0 Å². The zero-order chi connectivity index (χ0) is 22.0. The summed E-state index contributed by atoms with van der Waals surface area (Å²) < 4.78 is 5.40. The normalized spacial score (nSPS) is 17.0. The Kier molecular flexibility index (Phi) is 7.04. The van der Waals surface area contributed by atoms with Crippen LogP contribution >= 0.6 is 46.4 Å². The number of hydrogen-bond donors (Lipinski definition) is 1. The molecule has 6 nitrogen and oxygen atoms in total. The lowest BCUT2D eigenvalue weighted by molar-refractivity contribution is -0.121. The Morgan fingerprint density at radius 3 is 2.68 bits per heavy atom. The van der Waals surface area contributed by atoms with Gasteiger partial charge in [-0.05, 0) is 43.7 Å². The quantitative estimate of drug-likeness (QED) is 0.423. The van der Waals surface area contributed by atoms with E-state index in [1.165, 1.54) is 6.07 Å². The number of anilines is 1. The first kappa shape index (κ1) is 22.4. The van der Waals surface area contributed by atoms with E-state index in [0.29, 0.717) is 56.1 Å². The third-order valence-corrected chi connectivity index (χ3v) is 6.45. The third-order valence-electron chi connectivity index (χ3n) is 5.09. The highest BCUT2D eigenvalue weighted by Gasteiger charge is 2.27. The summed E-state index contributed by atoms with van der Waals surface area (Å²) in [5.41, 5.74) is 1.16. The molecule has 0 radical (unpaired) electrons. The summed E-state index contributed by atoms with van der Waals surface area (Å²) in [7, 11) is 0. The van der Waals surface area contributed by atoms with Gasteiger partial charge in [0.1, 0.15) is 0 Å². The maximum Gasteiger partial charge on any atom is 0.241 e. The molecule has 0 bridgehead atoms. The van der Waals surface area contributed by atoms with Crippen molar-refractivity contribution < 1.29 is 9.32 Å². The average Bonchev–Trinajstić information content (AvgIpc) is 3.20. The Morgan fingerprint density at radius 2 is 1.87 bits per heavy atom. The zero-order valence-electron chi connectivity index (χ0n) is 16.2. The molecule has 31 heavy (non-hydrogen) atoms. The molecule has 162 valence electrons. The molecule has 4 rings (SSSR count). The van der Waals surface area contributed by atoms with Crippen LogP contribution in [0.2, 0.25) is 20.1 Å². The van der Waals surface area contributed by atoms with Gasteiger partial charge < -0.3 is 9.84 Å². The Morgan fingerprint density at radius 1 is 1.10 bits per heavy atom. The topological polar surface area (TPSA) is 71.3 Å². The largest absolute Gasteiger partial charge is 0.338 e. The average molecular weight is 500 g/mol. The van der Waals surface area contributed by atoms with Crippen LogP contribution in [0.5, 0.6) is 0 Å². The summed E-state index contributed by atoms with van der Waals surface area (Å²) in [6.45, 7) is 1.85. The first-order chi connectivity index (χ1) is 14.9. The molecule has 0 spiro atoms. The molecule has 1 aliphatic heterocycles. The molecule has 0 aliphatic carbocycles. The molecular weight excluding hydrogens is 482 g/mol. The SMILES string of the molecule is O=C(Nc1cc(Cl)c(Cl)cc1Cl)C1CCCN(Cc2nc(-c3ccccc3Cl)no2)C1. The van der Waals surface area contributed by atoms with E-state index in [1.54, 1.807) is 12.1 Å². The summed E-state index contributed by atoms with van der Waals surface area (Å²) >= 11 is 24.4. The highest BCUT2D eigenvalue weighted by Crippen LogP contribution is 2.33. The van der Waals surface area contributed by atoms with Crippen LogP contribution in [0.15, 0.2) is 40.9 Å². The van der Waals surface area contributed by atoms with Gasteiger partial charge in [-0.15, -0.1) is 0 Å². The molecule has 1 aliphatic rings. The van der Waals surface area contributed by atoms with Crippen molar-refractivity contribution in [3.05, 3.63) is 62.4 Å². The maximum absolute atomic E-state index is 12.8. The number of carbonyl (C=O) groups is 1. The van der Waals surface area contributed by atoms with Crippen LogP contribution in [-0.4, -0.2) is 34.0 Å². The number of amides is 1. The second kappa shape index (κ2) is 9.76. The van der Waals surface area contributed by atoms with Gasteiger partial charge in [-0.2, -0.15) is 4.98 Å². The molecule has 3 aromatic rings. The molecule has 1 amide bonds. The standard InChI is InChI=1S/C21H18Cl4N4O2/c22-14-6-2-1-5-13(14)20-27-19(31-28-20)11-29-7-3-4-12(10-29)21(30)26-18-9-16(24)15(23)8-17(18)25/h1-2,5-6,8-9,12H,3-4,7,10-11H2,(H,26,30). The first-order valence-electron chi connectivity index (χ1n) is 9.66. The number of rotatable bonds is 5. The van der Waals surface area contributed by atoms with E-state index in [4.69, 9.17) is 50.9 Å². The fourth-order valence-corrected chi connectivity index (χ4v) is 4.34. The van der Waals surface area contributed by atoms with Crippen molar-refractivity contribution in [2.24, 2.45) is 5.92 Å². The van der Waals surface area contributed by atoms with Crippen molar-refractivity contribution >= 4 is 58.0 Å². The highest BCUT2D eigenvalue weighted by molar-refractivity contribution is 6.44. The number of benzene rings is 2. The molecule has 2 heterocycles. The first-order valence-corrected chi connectivity index (χ1v) is 11.2. The number of aromatic nitrogens is 2. The van der Waals surface area contributed by atoms with Gasteiger partial charge in [0.25, 0.3) is 0 Å². The van der Waals surface area contributed by atoms with E-state index >= 15 is 0 Å². The van der Waals surface area contributed by atoms with Crippen LogP contribution in [0, 0.1) is 5.92 Å². The molecule has 1 aromatic heterocycles. The van der Waals surface area contributed by atoms with Gasteiger partial charge in [0, 0.05) is 12.1 Å². The van der Waals surface area contributed by atoms with Crippen molar-refractivity contribution in [3.63, 3.8) is 0 Å². The zero-order valence-corrected chi connectivity index (χ0v) is 19.3. The van der Waals surface area contributed by atoms with E-state index in [-0.39, 0.29) is 11.8 Å². The lowest BCUT2D eigenvalue weighted by Crippen LogP contribution is -2.40. The minimum Gasteiger partial charge on any atom is -0.338 e. The smallest absolute Gasteiger partial charge is 0.241 e. The molecule has 1 atom stereocenters. The minimum atomic E-state index is -0.203. The summed E-state index contributed by atoms with van der Waals surface area (Å²) in [6.07, 6.45) is 1.65. The van der Waals surface area contributed by atoms with E-state index in [2.05, 4.69) is 20.4 Å². The number of piperidine rings is 1. The Balaban J connectivity index is 1.39.